The van der Waals surface area contributed by atoms with Crippen molar-refractivity contribution < 1.29 is 13.5 Å². The fourth-order valence-corrected chi connectivity index (χ4v) is 4.18. The van der Waals surface area contributed by atoms with Crippen molar-refractivity contribution in [3.8, 4) is 16.9 Å². The lowest BCUT2D eigenvalue weighted by Crippen LogP contribution is -2.32. The number of nitrogens with zero attached hydrogens (tertiary/aromatic N) is 5. The van der Waals surface area contributed by atoms with Crippen LogP contribution in [0.4, 0.5) is 14.6 Å². The van der Waals surface area contributed by atoms with E-state index in [0.717, 1.165) is 22.6 Å². The molecule has 0 saturated heterocycles. The van der Waals surface area contributed by atoms with Crippen molar-refractivity contribution in [3.63, 3.8) is 0 Å². The summed E-state index contributed by atoms with van der Waals surface area (Å²) in [6.45, 7) is 4.70. The number of fused-ring (bicyclic) bond motifs is 2. The van der Waals surface area contributed by atoms with E-state index >= 15 is 0 Å². The molecule has 1 aliphatic rings. The maximum atomic E-state index is 14.6. The van der Waals surface area contributed by atoms with Gasteiger partial charge in [0.2, 0.25) is 0 Å². The summed E-state index contributed by atoms with van der Waals surface area (Å²) in [5, 5.41) is 6.34. The van der Waals surface area contributed by atoms with Gasteiger partial charge in [-0.25, -0.2) is 23.1 Å². The Morgan fingerprint density at radius 1 is 1.22 bits per heavy atom. The quantitative estimate of drug-likeness (QED) is 0.529. The predicted octanol–water partition coefficient (Wildman–Crippen LogP) is 2.95. The fraction of sp³-hybridized carbons (Fsp3) is 0.273. The van der Waals surface area contributed by atoms with Gasteiger partial charge in [0, 0.05) is 48.7 Å². The highest BCUT2D eigenvalue weighted by atomic mass is 19.1. The average Bonchev–Trinajstić information content (AvgIpc) is 3.15. The summed E-state index contributed by atoms with van der Waals surface area (Å²) in [7, 11) is 1.24. The van der Waals surface area contributed by atoms with Gasteiger partial charge in [-0.15, -0.1) is 5.10 Å². The Bertz CT molecular complexity index is 1430. The van der Waals surface area contributed by atoms with Crippen LogP contribution in [0.25, 0.3) is 16.9 Å². The van der Waals surface area contributed by atoms with Gasteiger partial charge in [0.25, 0.3) is 5.78 Å². The maximum Gasteiger partial charge on any atom is 0.348 e. The molecular formula is C22H20F2N6O2. The summed E-state index contributed by atoms with van der Waals surface area (Å²) >= 11 is 0. The Morgan fingerprint density at radius 2 is 2.03 bits per heavy atom. The second-order valence-electron chi connectivity index (χ2n) is 7.83. The Morgan fingerprint density at radius 3 is 2.81 bits per heavy atom. The van der Waals surface area contributed by atoms with Crippen LogP contribution in [-0.4, -0.2) is 38.2 Å². The normalized spacial score (nSPS) is 13.5. The van der Waals surface area contributed by atoms with Crippen molar-refractivity contribution in [1.82, 2.24) is 24.6 Å². The topological polar surface area (TPSA) is 88.4 Å². The van der Waals surface area contributed by atoms with Gasteiger partial charge in [-0.05, 0) is 42.7 Å². The molecule has 4 aromatic rings. The summed E-state index contributed by atoms with van der Waals surface area (Å²) < 4.78 is 35.1. The average molecular weight is 438 g/mol. The standard InChI is InChI=1S/C22H20F2N6O2/c1-11-9-30-21(27-28-22(30)31)26-20(11)29-5-4-17-14(10-29)6-13(8-25-17)15-7-16(23)19(32-3)18(24)12(15)2/h6-9H,4-5,10H2,1-3H3,(H,28,31). The number of ether oxygens (including phenoxy) is 1. The summed E-state index contributed by atoms with van der Waals surface area (Å²) in [6, 6.07) is 3.19. The SMILES string of the molecule is COc1c(F)cc(-c2cnc3c(c2)CN(c2nc4n[nH]c(=O)n4cc2C)CC3)c(C)c1F. The van der Waals surface area contributed by atoms with Gasteiger partial charge < -0.3 is 9.64 Å². The van der Waals surface area contributed by atoms with Gasteiger partial charge in [-0.2, -0.15) is 4.98 Å². The zero-order chi connectivity index (χ0) is 22.6. The zero-order valence-electron chi connectivity index (χ0n) is 17.7. The van der Waals surface area contributed by atoms with Crippen LogP contribution in [0, 0.1) is 25.5 Å². The highest BCUT2D eigenvalue weighted by Gasteiger charge is 2.23. The molecular weight excluding hydrogens is 418 g/mol. The summed E-state index contributed by atoms with van der Waals surface area (Å²) in [4.78, 5) is 23.0. The van der Waals surface area contributed by atoms with Gasteiger partial charge in [-0.3, -0.25) is 4.98 Å². The number of anilines is 1. The molecule has 5 rings (SSSR count). The van der Waals surface area contributed by atoms with Crippen molar-refractivity contribution in [1.29, 1.82) is 0 Å². The molecule has 0 bridgehead atoms. The van der Waals surface area contributed by atoms with Gasteiger partial charge in [0.05, 0.1) is 7.11 Å². The van der Waals surface area contributed by atoms with Crippen molar-refractivity contribution in [2.24, 2.45) is 0 Å². The largest absolute Gasteiger partial charge is 0.491 e. The third-order valence-electron chi connectivity index (χ3n) is 5.84. The molecule has 1 aliphatic heterocycles. The van der Waals surface area contributed by atoms with Crippen LogP contribution in [-0.2, 0) is 13.0 Å². The maximum absolute atomic E-state index is 14.6. The minimum Gasteiger partial charge on any atom is -0.491 e. The number of hydrogen-bond donors (Lipinski definition) is 1. The molecule has 4 heterocycles. The summed E-state index contributed by atoms with van der Waals surface area (Å²) in [5.41, 5.74) is 3.74. The summed E-state index contributed by atoms with van der Waals surface area (Å²) in [6.07, 6.45) is 4.05. The number of aromatic amines is 1. The molecule has 8 nitrogen and oxygen atoms in total. The number of aromatic nitrogens is 5. The highest BCUT2D eigenvalue weighted by Crippen LogP contribution is 2.34. The third kappa shape index (κ3) is 3.10. The van der Waals surface area contributed by atoms with E-state index in [4.69, 9.17) is 4.74 Å². The van der Waals surface area contributed by atoms with E-state index in [0.29, 0.717) is 42.0 Å². The number of hydrogen-bond acceptors (Lipinski definition) is 6. The Hall–Kier alpha value is -3.82. The number of aryl methyl sites for hydroxylation is 1. The highest BCUT2D eigenvalue weighted by molar-refractivity contribution is 5.69. The van der Waals surface area contributed by atoms with Crippen LogP contribution in [0.5, 0.6) is 5.75 Å². The van der Waals surface area contributed by atoms with Gasteiger partial charge in [-0.1, -0.05) is 0 Å². The lowest BCUT2D eigenvalue weighted by Gasteiger charge is -2.30. The van der Waals surface area contributed by atoms with Crippen molar-refractivity contribution in [2.45, 2.75) is 26.8 Å². The van der Waals surface area contributed by atoms with Crippen LogP contribution >= 0.6 is 0 Å². The van der Waals surface area contributed by atoms with E-state index in [1.165, 1.54) is 17.6 Å². The zero-order valence-corrected chi connectivity index (χ0v) is 17.7. The van der Waals surface area contributed by atoms with Gasteiger partial charge in [0.1, 0.15) is 5.82 Å². The van der Waals surface area contributed by atoms with E-state index < -0.39 is 17.4 Å². The Balaban J connectivity index is 1.53. The molecule has 0 radical (unpaired) electrons. The van der Waals surface area contributed by atoms with Crippen LogP contribution < -0.4 is 15.3 Å². The first kappa shape index (κ1) is 20.1. The van der Waals surface area contributed by atoms with E-state index in [2.05, 4.69) is 25.1 Å². The number of nitrogens with one attached hydrogen (secondary N) is 1. The molecule has 0 atom stereocenters. The molecule has 1 aromatic carbocycles. The van der Waals surface area contributed by atoms with E-state index in [9.17, 15) is 13.6 Å². The fourth-order valence-electron chi connectivity index (χ4n) is 4.18. The Labute approximate surface area is 181 Å². The van der Waals surface area contributed by atoms with E-state index in [-0.39, 0.29) is 5.69 Å². The first-order valence-corrected chi connectivity index (χ1v) is 10.1. The molecule has 0 saturated carbocycles. The number of H-pyrrole nitrogens is 1. The molecule has 0 unspecified atom stereocenters. The van der Waals surface area contributed by atoms with Crippen LogP contribution in [0.3, 0.4) is 0 Å². The van der Waals surface area contributed by atoms with Crippen LogP contribution in [0.2, 0.25) is 0 Å². The third-order valence-corrected chi connectivity index (χ3v) is 5.84. The molecule has 0 amide bonds. The molecule has 32 heavy (non-hydrogen) atoms. The number of rotatable bonds is 3. The van der Waals surface area contributed by atoms with E-state index in [1.807, 2.05) is 13.0 Å². The number of pyridine rings is 1. The molecule has 164 valence electrons. The first-order chi connectivity index (χ1) is 15.4. The van der Waals surface area contributed by atoms with E-state index in [1.54, 1.807) is 19.3 Å². The minimum absolute atomic E-state index is 0.296. The van der Waals surface area contributed by atoms with Gasteiger partial charge in [0.15, 0.2) is 17.4 Å². The summed E-state index contributed by atoms with van der Waals surface area (Å²) in [5.74, 6) is -0.840. The van der Waals surface area contributed by atoms with Crippen molar-refractivity contribution >= 4 is 11.6 Å². The van der Waals surface area contributed by atoms with Crippen molar-refractivity contribution in [2.75, 3.05) is 18.6 Å². The molecule has 0 fully saturated rings. The predicted molar refractivity (Wildman–Crippen MR) is 114 cm³/mol. The second kappa shape index (κ2) is 7.40. The monoisotopic (exact) mass is 438 g/mol. The molecule has 10 heteroatoms. The molecule has 3 aromatic heterocycles. The molecule has 0 spiro atoms. The first-order valence-electron chi connectivity index (χ1n) is 10.1. The van der Waals surface area contributed by atoms with Crippen LogP contribution in [0.15, 0.2) is 29.3 Å². The molecule has 1 N–H and O–H groups in total. The minimum atomic E-state index is -0.757. The smallest absolute Gasteiger partial charge is 0.348 e. The number of methoxy groups -OCH3 is 1. The Kier molecular flexibility index (Phi) is 4.65. The number of halogens is 2. The molecule has 0 aliphatic carbocycles. The van der Waals surface area contributed by atoms with Crippen molar-refractivity contribution in [3.05, 3.63) is 69.0 Å². The van der Waals surface area contributed by atoms with Crippen LogP contribution in [0.1, 0.15) is 22.4 Å². The van der Waals surface area contributed by atoms with Gasteiger partial charge >= 0.3 is 5.69 Å². The number of benzene rings is 1. The second-order valence-corrected chi connectivity index (χ2v) is 7.83. The lowest BCUT2D eigenvalue weighted by atomic mass is 9.96. The lowest BCUT2D eigenvalue weighted by molar-refractivity contribution is 0.359.